The Morgan fingerprint density at radius 1 is 0.705 bits per heavy atom. The Hall–Kier alpha value is -4.12. The number of hydrazine groups is 1. The predicted molar refractivity (Wildman–Crippen MR) is 109 cm³/mol. The van der Waals surface area contributed by atoms with Crippen LogP contribution in [0.15, 0.2) is 45.9 Å². The van der Waals surface area contributed by atoms with Gasteiger partial charge in [-0.3, -0.25) is 15.0 Å². The van der Waals surface area contributed by atoms with Crippen molar-refractivity contribution in [3.05, 3.63) is 47.7 Å². The zero-order valence-corrected chi connectivity index (χ0v) is 20.2. The molecule has 0 bridgehead atoms. The number of nitrogens with two attached hydrogens (primary N) is 1. The van der Waals surface area contributed by atoms with Gasteiger partial charge in [0.15, 0.2) is 0 Å². The minimum absolute atomic E-state index is 0.0372. The molecule has 0 fully saturated rings. The van der Waals surface area contributed by atoms with Gasteiger partial charge in [0.05, 0.1) is 11.8 Å². The molecule has 2 aromatic rings. The van der Waals surface area contributed by atoms with Crippen molar-refractivity contribution in [1.82, 2.24) is 10.9 Å². The maximum Gasteiger partial charge on any atom is 0.460 e. The summed E-state index contributed by atoms with van der Waals surface area (Å²) in [5, 5.41) is 2.79. The van der Waals surface area contributed by atoms with E-state index in [1.165, 1.54) is 6.07 Å². The van der Waals surface area contributed by atoms with E-state index in [1.54, 1.807) is 0 Å². The minimum Gasteiger partial charge on any atom is -0.455 e. The maximum atomic E-state index is 13.1. The SMILES string of the molecule is NNC(=O)C(F)(F)C(F)(F)C(F)(F)F.O=C(N/N=C\c1ccc(-c2cccc(C(F)(F)F)c2)o1)C(F)(F)C(F)(F)C(F)(F)F. The molecule has 1 aromatic carbocycles. The van der Waals surface area contributed by atoms with Gasteiger partial charge in [-0.15, -0.1) is 0 Å². The van der Waals surface area contributed by atoms with Crippen molar-refractivity contribution in [2.45, 2.75) is 42.2 Å². The molecule has 0 spiro atoms. The average molecular weight is 678 g/mol. The Kier molecular flexibility index (Phi) is 10.7. The zero-order valence-electron chi connectivity index (χ0n) is 20.2. The summed E-state index contributed by atoms with van der Waals surface area (Å²) in [5.41, 5.74) is 0.303. The van der Waals surface area contributed by atoms with E-state index < -0.39 is 59.6 Å². The second kappa shape index (κ2) is 12.5. The van der Waals surface area contributed by atoms with Crippen molar-refractivity contribution in [3.63, 3.8) is 0 Å². The van der Waals surface area contributed by atoms with Crippen molar-refractivity contribution < 1.29 is 88.6 Å². The first-order valence-electron chi connectivity index (χ1n) is 10.3. The minimum atomic E-state index is -6.70. The van der Waals surface area contributed by atoms with Crippen LogP contribution >= 0.6 is 0 Å². The fourth-order valence-electron chi connectivity index (χ4n) is 2.38. The maximum absolute atomic E-state index is 13.1. The van der Waals surface area contributed by atoms with Crippen LogP contribution in [0.5, 0.6) is 0 Å². The van der Waals surface area contributed by atoms with Crippen LogP contribution in [0.4, 0.5) is 74.6 Å². The predicted octanol–water partition coefficient (Wildman–Crippen LogP) is 6.06. The standard InChI is InChI=1S/C16H8F10N2O2.C4H3F7N2O/c17-13(18,15(22,23)16(24,25)26)12(29)28-27-7-10-4-5-11(30-10)8-2-1-3-9(6-8)14(19,20)21;5-2(6,1(14)13-12)3(7,8)4(9,10)11/h1-7H,(H,28,29);12H2,(H,13,14)/b27-7-;. The van der Waals surface area contributed by atoms with E-state index in [0.29, 0.717) is 11.6 Å². The first-order chi connectivity index (χ1) is 19.6. The second-order valence-corrected chi connectivity index (χ2v) is 7.75. The van der Waals surface area contributed by atoms with Gasteiger partial charge in [0, 0.05) is 5.56 Å². The first kappa shape index (κ1) is 37.9. The molecule has 4 N–H and O–H groups in total. The lowest BCUT2D eigenvalue weighted by molar-refractivity contribution is -0.344. The van der Waals surface area contributed by atoms with E-state index >= 15 is 0 Å². The number of benzene rings is 1. The number of furan rings is 1. The van der Waals surface area contributed by atoms with Gasteiger partial charge in [0.25, 0.3) is 0 Å². The quantitative estimate of drug-likeness (QED) is 0.109. The van der Waals surface area contributed by atoms with Crippen LogP contribution in [0.2, 0.25) is 0 Å². The molecule has 24 heteroatoms. The summed E-state index contributed by atoms with van der Waals surface area (Å²) in [4.78, 5) is 21.0. The average Bonchev–Trinajstić information content (AvgIpc) is 3.35. The highest BCUT2D eigenvalue weighted by molar-refractivity contribution is 5.86. The van der Waals surface area contributed by atoms with Crippen LogP contribution in [0.1, 0.15) is 11.3 Å². The van der Waals surface area contributed by atoms with Crippen LogP contribution in [0.25, 0.3) is 11.3 Å². The Morgan fingerprint density at radius 3 is 1.61 bits per heavy atom. The van der Waals surface area contributed by atoms with E-state index in [2.05, 4.69) is 10.9 Å². The van der Waals surface area contributed by atoms with Crippen LogP contribution < -0.4 is 16.7 Å². The van der Waals surface area contributed by atoms with Crippen LogP contribution in [0, 0.1) is 0 Å². The number of hydrogen-bond acceptors (Lipinski definition) is 5. The second-order valence-electron chi connectivity index (χ2n) is 7.75. The summed E-state index contributed by atoms with van der Waals surface area (Å²) in [6.45, 7) is 0. The number of halogens is 17. The van der Waals surface area contributed by atoms with E-state index in [-0.39, 0.29) is 17.1 Å². The molecule has 0 saturated carbocycles. The van der Waals surface area contributed by atoms with E-state index in [9.17, 15) is 84.2 Å². The van der Waals surface area contributed by atoms with Crippen LogP contribution in [0.3, 0.4) is 0 Å². The van der Waals surface area contributed by atoms with Crippen molar-refractivity contribution in [2.24, 2.45) is 10.9 Å². The van der Waals surface area contributed by atoms with Gasteiger partial charge in [0.1, 0.15) is 11.5 Å². The number of alkyl halides is 17. The first-order valence-corrected chi connectivity index (χ1v) is 10.3. The number of rotatable bonds is 7. The summed E-state index contributed by atoms with van der Waals surface area (Å²) >= 11 is 0. The van der Waals surface area contributed by atoms with Crippen molar-refractivity contribution in [1.29, 1.82) is 0 Å². The summed E-state index contributed by atoms with van der Waals surface area (Å²) in [5.74, 6) is -27.6. The molecule has 0 aliphatic heterocycles. The molecular formula is C20H11F17N4O3. The van der Waals surface area contributed by atoms with Gasteiger partial charge < -0.3 is 4.42 Å². The van der Waals surface area contributed by atoms with Crippen molar-refractivity contribution in [3.8, 4) is 11.3 Å². The van der Waals surface area contributed by atoms with E-state index in [4.69, 9.17) is 4.42 Å². The molecule has 0 saturated heterocycles. The fraction of sp³-hybridized carbons (Fsp3) is 0.350. The largest absolute Gasteiger partial charge is 0.460 e. The smallest absolute Gasteiger partial charge is 0.455 e. The van der Waals surface area contributed by atoms with Gasteiger partial charge in [0.2, 0.25) is 0 Å². The van der Waals surface area contributed by atoms with Gasteiger partial charge >= 0.3 is 54.0 Å². The Bertz CT molecular complexity index is 1340. The normalized spacial score (nSPS) is 13.8. The Labute approximate surface area is 230 Å². The molecule has 0 atom stereocenters. The molecule has 2 amide bonds. The fourth-order valence-corrected chi connectivity index (χ4v) is 2.38. The Balaban J connectivity index is 0.000000582. The van der Waals surface area contributed by atoms with Gasteiger partial charge in [-0.1, -0.05) is 12.1 Å². The highest BCUT2D eigenvalue weighted by Gasteiger charge is 2.77. The molecule has 1 aromatic heterocycles. The molecular weight excluding hydrogens is 667 g/mol. The van der Waals surface area contributed by atoms with Gasteiger partial charge in [-0.2, -0.15) is 79.7 Å². The summed E-state index contributed by atoms with van der Waals surface area (Å²) in [7, 11) is 0. The molecule has 44 heavy (non-hydrogen) atoms. The molecule has 7 nitrogen and oxygen atoms in total. The number of amides is 2. The number of carbonyl (C=O) groups excluding carboxylic acids is 2. The van der Waals surface area contributed by atoms with E-state index in [0.717, 1.165) is 35.8 Å². The lowest BCUT2D eigenvalue weighted by atomic mass is 10.1. The van der Waals surface area contributed by atoms with Crippen LogP contribution in [-0.4, -0.2) is 54.1 Å². The van der Waals surface area contributed by atoms with Crippen molar-refractivity contribution in [2.75, 3.05) is 0 Å². The highest BCUT2D eigenvalue weighted by Crippen LogP contribution is 2.47. The third-order valence-corrected chi connectivity index (χ3v) is 4.66. The number of carbonyl (C=O) groups is 2. The van der Waals surface area contributed by atoms with Gasteiger partial charge in [-0.05, 0) is 24.3 Å². The summed E-state index contributed by atoms with van der Waals surface area (Å²) in [6.07, 6.45) is -17.4. The molecule has 1 heterocycles. The molecule has 0 radical (unpaired) electrons. The summed E-state index contributed by atoms with van der Waals surface area (Å²) in [6, 6.07) is 6.06. The summed E-state index contributed by atoms with van der Waals surface area (Å²) < 4.78 is 213. The third-order valence-electron chi connectivity index (χ3n) is 4.66. The lowest BCUT2D eigenvalue weighted by Crippen LogP contribution is -2.60. The van der Waals surface area contributed by atoms with Crippen molar-refractivity contribution >= 4 is 18.0 Å². The molecule has 0 unspecified atom stereocenters. The molecule has 0 aliphatic carbocycles. The molecule has 0 aliphatic rings. The molecule has 248 valence electrons. The van der Waals surface area contributed by atoms with Gasteiger partial charge in [-0.25, -0.2) is 11.3 Å². The van der Waals surface area contributed by atoms with E-state index in [1.807, 2.05) is 0 Å². The monoisotopic (exact) mass is 678 g/mol. The van der Waals surface area contributed by atoms with Crippen LogP contribution in [-0.2, 0) is 15.8 Å². The number of hydrogen-bond donors (Lipinski definition) is 3. The number of nitrogens with one attached hydrogen (secondary N) is 2. The Morgan fingerprint density at radius 2 is 1.18 bits per heavy atom. The topological polar surface area (TPSA) is 110 Å². The lowest BCUT2D eigenvalue weighted by Gasteiger charge is -2.26. The number of hydrazone groups is 1. The zero-order chi connectivity index (χ0) is 34.7. The molecule has 2 rings (SSSR count). The number of nitrogens with zero attached hydrogens (tertiary/aromatic N) is 1. The highest BCUT2D eigenvalue weighted by atomic mass is 19.4. The third kappa shape index (κ3) is 7.88.